The van der Waals surface area contributed by atoms with Gasteiger partial charge in [-0.05, 0) is 82.5 Å². The number of allylic oxidation sites excluding steroid dienone is 1. The Morgan fingerprint density at radius 2 is 1.46 bits per heavy atom. The Morgan fingerprint density at radius 1 is 0.865 bits per heavy atom. The van der Waals surface area contributed by atoms with Crippen molar-refractivity contribution in [2.24, 2.45) is 34.0 Å². The Bertz CT molecular complexity index is 1140. The highest BCUT2D eigenvalue weighted by molar-refractivity contribution is 6.99. The predicted molar refractivity (Wildman–Crippen MR) is 159 cm³/mol. The van der Waals surface area contributed by atoms with Crippen molar-refractivity contribution in [2.45, 2.75) is 98.1 Å². The van der Waals surface area contributed by atoms with Crippen LogP contribution in [0.3, 0.4) is 0 Å². The smallest absolute Gasteiger partial charge is 0.261 e. The third kappa shape index (κ3) is 3.18. The standard InChI is InChI=1S/C35H48OSi/c1-25(2)29-21-22-35-23-26-15-14-20-30(26)34(35,7)31(24-33(29,35)6)36-37(32(3,4)5,27-16-10-8-11-17-27)28-18-12-9-13-19-28/h8-13,16-20,25-26,29,31H,14-15,21-24H2,1-7H3/t26-,29+,31+,33+,34-,35+/m0/s1. The van der Waals surface area contributed by atoms with E-state index in [0.29, 0.717) is 10.8 Å². The zero-order valence-electron chi connectivity index (χ0n) is 24.3. The van der Waals surface area contributed by atoms with E-state index < -0.39 is 8.32 Å². The topological polar surface area (TPSA) is 9.23 Å². The molecule has 6 atom stereocenters. The average molecular weight is 513 g/mol. The summed E-state index contributed by atoms with van der Waals surface area (Å²) in [4.78, 5) is 0. The summed E-state index contributed by atoms with van der Waals surface area (Å²) in [6.07, 6.45) is 10.9. The first-order valence-electron chi connectivity index (χ1n) is 15.0. The number of hydrogen-bond acceptors (Lipinski definition) is 1. The first kappa shape index (κ1) is 25.6. The van der Waals surface area contributed by atoms with Gasteiger partial charge in [0.15, 0.2) is 0 Å². The Balaban J connectivity index is 1.56. The minimum absolute atomic E-state index is 0.0113. The van der Waals surface area contributed by atoms with Crippen LogP contribution in [-0.4, -0.2) is 14.4 Å². The summed E-state index contributed by atoms with van der Waals surface area (Å²) >= 11 is 0. The van der Waals surface area contributed by atoms with Crippen LogP contribution < -0.4 is 10.4 Å². The van der Waals surface area contributed by atoms with E-state index in [1.54, 1.807) is 5.57 Å². The Morgan fingerprint density at radius 3 is 2.00 bits per heavy atom. The molecular formula is C35H48OSi. The number of rotatable bonds is 5. The van der Waals surface area contributed by atoms with Crippen LogP contribution in [0.2, 0.25) is 5.04 Å². The van der Waals surface area contributed by atoms with E-state index in [0.717, 1.165) is 17.8 Å². The van der Waals surface area contributed by atoms with Crippen LogP contribution >= 0.6 is 0 Å². The van der Waals surface area contributed by atoms with Crippen LogP contribution in [0, 0.1) is 34.0 Å². The SMILES string of the molecule is CC(C)[C@H]1CC[C@]23C[C@@H]4CCC=C4[C@@]2(C)[C@H](O[Si](c2ccccc2)(c2ccccc2)C(C)(C)C)C[C@]13C. The molecule has 0 amide bonds. The van der Waals surface area contributed by atoms with Crippen molar-refractivity contribution < 1.29 is 4.43 Å². The lowest BCUT2D eigenvalue weighted by Crippen LogP contribution is -2.68. The molecule has 0 saturated heterocycles. The average Bonchev–Trinajstić information content (AvgIpc) is 3.54. The van der Waals surface area contributed by atoms with Gasteiger partial charge >= 0.3 is 0 Å². The molecule has 2 heteroatoms. The van der Waals surface area contributed by atoms with Crippen molar-refractivity contribution in [3.05, 3.63) is 72.3 Å². The second-order valence-corrected chi connectivity index (χ2v) is 19.0. The normalized spacial score (nSPS) is 37.0. The van der Waals surface area contributed by atoms with E-state index in [9.17, 15) is 0 Å². The molecule has 1 nitrogen and oxygen atoms in total. The van der Waals surface area contributed by atoms with Gasteiger partial charge in [-0.25, -0.2) is 0 Å². The van der Waals surface area contributed by atoms with Crippen molar-refractivity contribution in [1.82, 2.24) is 0 Å². The third-order valence-electron chi connectivity index (χ3n) is 12.1. The summed E-state index contributed by atoms with van der Waals surface area (Å²) in [6.45, 7) is 17.7. The van der Waals surface area contributed by atoms with Crippen molar-refractivity contribution in [2.75, 3.05) is 0 Å². The summed E-state index contributed by atoms with van der Waals surface area (Å²) in [5.41, 5.74) is 2.64. The molecule has 37 heavy (non-hydrogen) atoms. The van der Waals surface area contributed by atoms with E-state index in [-0.39, 0.29) is 16.6 Å². The summed E-state index contributed by atoms with van der Waals surface area (Å²) in [5, 5.41) is 2.85. The van der Waals surface area contributed by atoms with Gasteiger partial charge < -0.3 is 4.43 Å². The highest BCUT2D eigenvalue weighted by Gasteiger charge is 2.77. The molecule has 0 radical (unpaired) electrons. The van der Waals surface area contributed by atoms with Crippen LogP contribution in [0.5, 0.6) is 0 Å². The van der Waals surface area contributed by atoms with E-state index in [4.69, 9.17) is 4.43 Å². The summed E-state index contributed by atoms with van der Waals surface area (Å²) < 4.78 is 8.08. The predicted octanol–water partition coefficient (Wildman–Crippen LogP) is 8.14. The molecule has 0 bridgehead atoms. The summed E-state index contributed by atoms with van der Waals surface area (Å²) in [6, 6.07) is 22.7. The molecule has 0 aromatic heterocycles. The zero-order chi connectivity index (χ0) is 26.3. The van der Waals surface area contributed by atoms with Gasteiger partial charge in [0.25, 0.3) is 8.32 Å². The number of hydrogen-bond donors (Lipinski definition) is 0. The van der Waals surface area contributed by atoms with Crippen LogP contribution in [-0.2, 0) is 4.43 Å². The number of benzene rings is 2. The molecule has 0 heterocycles. The van der Waals surface area contributed by atoms with E-state index in [1.807, 2.05) is 0 Å². The molecule has 1 spiro atoms. The highest BCUT2D eigenvalue weighted by atomic mass is 28.4. The van der Waals surface area contributed by atoms with Crippen molar-refractivity contribution in [3.8, 4) is 0 Å². The molecule has 0 unspecified atom stereocenters. The lowest BCUT2D eigenvalue weighted by molar-refractivity contribution is 0.00626. The second-order valence-electron chi connectivity index (χ2n) is 14.7. The second kappa shape index (κ2) is 8.43. The molecule has 4 aliphatic rings. The fourth-order valence-corrected chi connectivity index (χ4v) is 15.4. The summed E-state index contributed by atoms with van der Waals surface area (Å²) in [7, 11) is -2.63. The van der Waals surface area contributed by atoms with Crippen LogP contribution in [0.25, 0.3) is 0 Å². The Kier molecular flexibility index (Phi) is 5.84. The highest BCUT2D eigenvalue weighted by Crippen LogP contribution is 2.82. The molecule has 2 aromatic rings. The Hall–Kier alpha value is -1.64. The molecule has 6 rings (SSSR count). The molecular weight excluding hydrogens is 464 g/mol. The summed E-state index contributed by atoms with van der Waals surface area (Å²) in [5.74, 6) is 2.30. The van der Waals surface area contributed by atoms with Crippen LogP contribution in [0.4, 0.5) is 0 Å². The van der Waals surface area contributed by atoms with Crippen LogP contribution in [0.1, 0.15) is 87.0 Å². The first-order chi connectivity index (χ1) is 17.5. The third-order valence-corrected chi connectivity index (χ3v) is 17.1. The van der Waals surface area contributed by atoms with Gasteiger partial charge in [-0.1, -0.05) is 121 Å². The minimum atomic E-state index is -2.63. The maximum Gasteiger partial charge on any atom is 0.261 e. The fourth-order valence-electron chi connectivity index (χ4n) is 10.6. The quantitative estimate of drug-likeness (QED) is 0.290. The molecule has 0 N–H and O–H groups in total. The van der Waals surface area contributed by atoms with Crippen molar-refractivity contribution in [3.63, 3.8) is 0 Å². The van der Waals surface area contributed by atoms with Gasteiger partial charge in [0.1, 0.15) is 0 Å². The Labute approximate surface area is 227 Å². The minimum Gasteiger partial charge on any atom is -0.404 e. The van der Waals surface area contributed by atoms with Gasteiger partial charge in [0, 0.05) is 5.41 Å². The first-order valence-corrected chi connectivity index (χ1v) is 16.9. The van der Waals surface area contributed by atoms with Gasteiger partial charge in [0.05, 0.1) is 6.10 Å². The lowest BCUT2D eigenvalue weighted by atomic mass is 9.57. The van der Waals surface area contributed by atoms with Gasteiger partial charge in [-0.3, -0.25) is 0 Å². The van der Waals surface area contributed by atoms with Gasteiger partial charge in [0.2, 0.25) is 0 Å². The number of fused-ring (bicyclic) bond motifs is 2. The van der Waals surface area contributed by atoms with Crippen molar-refractivity contribution in [1.29, 1.82) is 0 Å². The van der Waals surface area contributed by atoms with E-state index in [1.165, 1.54) is 48.9 Å². The zero-order valence-corrected chi connectivity index (χ0v) is 25.3. The molecule has 4 aliphatic carbocycles. The fraction of sp³-hybridized carbons (Fsp3) is 0.600. The molecule has 198 valence electrons. The van der Waals surface area contributed by atoms with E-state index >= 15 is 0 Å². The van der Waals surface area contributed by atoms with Crippen molar-refractivity contribution >= 4 is 18.7 Å². The van der Waals surface area contributed by atoms with Crippen LogP contribution in [0.15, 0.2) is 72.3 Å². The van der Waals surface area contributed by atoms with Gasteiger partial charge in [-0.2, -0.15) is 0 Å². The molecule has 0 aliphatic heterocycles. The largest absolute Gasteiger partial charge is 0.404 e. The van der Waals surface area contributed by atoms with E-state index in [2.05, 4.69) is 115 Å². The molecule has 2 aromatic carbocycles. The molecule has 3 fully saturated rings. The molecule has 3 saturated carbocycles. The van der Waals surface area contributed by atoms with Gasteiger partial charge in [-0.15, -0.1) is 0 Å². The lowest BCUT2D eigenvalue weighted by Gasteiger charge is -2.50. The maximum absolute atomic E-state index is 8.08. The monoisotopic (exact) mass is 512 g/mol. The maximum atomic E-state index is 8.08.